The van der Waals surface area contributed by atoms with E-state index in [1.165, 1.54) is 64.2 Å². The highest BCUT2D eigenvalue weighted by atomic mass is 32.2. The van der Waals surface area contributed by atoms with E-state index in [0.717, 1.165) is 134 Å². The number of carbonyl (C=O) groups is 2. The minimum Gasteiger partial charge on any atom is -0.462 e. The van der Waals surface area contributed by atoms with Crippen molar-refractivity contribution in [3.8, 4) is 0 Å². The lowest BCUT2D eigenvalue weighted by Gasteiger charge is -2.26. The molecule has 0 saturated heterocycles. The highest BCUT2D eigenvalue weighted by Gasteiger charge is 2.16. The van der Waals surface area contributed by atoms with Crippen LogP contribution in [-0.4, -0.2) is 77.5 Å². The number of ether oxygens (including phenoxy) is 3. The van der Waals surface area contributed by atoms with Gasteiger partial charge in [-0.05, 0) is 82.8 Å². The molecule has 0 radical (unpaired) electrons. The molecular weight excluding hydrogens is 639 g/mol. The van der Waals surface area contributed by atoms with E-state index in [1.54, 1.807) is 0 Å². The zero-order chi connectivity index (χ0) is 36.0. The van der Waals surface area contributed by atoms with Crippen LogP contribution < -0.4 is 0 Å². The number of rotatable bonds is 38. The molecule has 0 spiro atoms. The summed E-state index contributed by atoms with van der Waals surface area (Å²) < 4.78 is 26.2. The maximum Gasteiger partial charge on any atom is 0.508 e. The van der Waals surface area contributed by atoms with Gasteiger partial charge >= 0.3 is 12.1 Å². The van der Waals surface area contributed by atoms with Crippen LogP contribution in [-0.2, 0) is 19.0 Å². The normalized spacial score (nSPS) is 12.1. The summed E-state index contributed by atoms with van der Waals surface area (Å²) >= 11 is 0.937. The largest absolute Gasteiger partial charge is 0.508 e. The summed E-state index contributed by atoms with van der Waals surface area (Å²) in [6.45, 7) is 10.1. The van der Waals surface area contributed by atoms with E-state index in [1.807, 2.05) is 0 Å². The van der Waals surface area contributed by atoms with Crippen LogP contribution in [0.25, 0.3) is 0 Å². The predicted molar refractivity (Wildman–Crippen MR) is 206 cm³/mol. The smallest absolute Gasteiger partial charge is 0.462 e. The van der Waals surface area contributed by atoms with Crippen molar-refractivity contribution in [1.82, 2.24) is 4.90 Å². The second kappa shape index (κ2) is 38.2. The van der Waals surface area contributed by atoms with Crippen LogP contribution in [0, 0.1) is 0 Å². The molecule has 292 valence electrons. The summed E-state index contributed by atoms with van der Waals surface area (Å²) in [5.74, 6) is -0.0425. The van der Waals surface area contributed by atoms with Gasteiger partial charge in [0.15, 0.2) is 0 Å². The van der Waals surface area contributed by atoms with Crippen molar-refractivity contribution in [1.29, 1.82) is 0 Å². The minimum atomic E-state index is -0.565. The fourth-order valence-electron chi connectivity index (χ4n) is 6.18. The molecular formula is C40H79NO7S. The number of esters is 1. The zero-order valence-electron chi connectivity index (χ0n) is 32.3. The topological polar surface area (TPSA) is 106 Å². The zero-order valence-corrected chi connectivity index (χ0v) is 33.1. The van der Waals surface area contributed by atoms with Crippen molar-refractivity contribution in [3.05, 3.63) is 0 Å². The molecule has 0 aromatic heterocycles. The van der Waals surface area contributed by atoms with Gasteiger partial charge in [-0.3, -0.25) is 4.79 Å². The molecule has 0 aliphatic carbocycles. The fraction of sp³-hybridized carbons (Fsp3) is 0.950. The van der Waals surface area contributed by atoms with Gasteiger partial charge < -0.3 is 28.8 Å². The van der Waals surface area contributed by atoms with Gasteiger partial charge in [0.25, 0.3) is 0 Å². The molecule has 0 fully saturated rings. The molecule has 9 heteroatoms. The lowest BCUT2D eigenvalue weighted by atomic mass is 10.0. The van der Waals surface area contributed by atoms with E-state index in [-0.39, 0.29) is 23.9 Å². The fourth-order valence-corrected chi connectivity index (χ4v) is 6.73. The number of hydrogen-bond donors (Lipinski definition) is 2. The third kappa shape index (κ3) is 33.9. The maximum atomic E-state index is 12.8. The summed E-state index contributed by atoms with van der Waals surface area (Å²) in [5, 5.41) is 9.51. The highest BCUT2D eigenvalue weighted by Crippen LogP contribution is 2.20. The lowest BCUT2D eigenvalue weighted by Crippen LogP contribution is -2.33. The Morgan fingerprint density at radius 3 is 1.65 bits per heavy atom. The number of nitrogens with zero attached hydrogens (tertiary/aromatic N) is 1. The third-order valence-electron chi connectivity index (χ3n) is 9.26. The molecule has 0 aliphatic heterocycles. The van der Waals surface area contributed by atoms with Crippen LogP contribution in [0.3, 0.4) is 0 Å². The van der Waals surface area contributed by atoms with Gasteiger partial charge in [-0.15, -0.1) is 0 Å². The van der Waals surface area contributed by atoms with E-state index in [0.29, 0.717) is 19.6 Å². The van der Waals surface area contributed by atoms with E-state index < -0.39 is 6.16 Å². The molecule has 0 saturated carbocycles. The van der Waals surface area contributed by atoms with Crippen molar-refractivity contribution in [2.45, 2.75) is 205 Å². The molecule has 0 heterocycles. The molecule has 49 heavy (non-hydrogen) atoms. The van der Waals surface area contributed by atoms with Crippen molar-refractivity contribution >= 4 is 24.2 Å². The average molecular weight is 718 g/mol. The van der Waals surface area contributed by atoms with Crippen LogP contribution in [0.15, 0.2) is 0 Å². The van der Waals surface area contributed by atoms with Gasteiger partial charge in [0.1, 0.15) is 6.10 Å². The molecule has 2 N–H and O–H groups in total. The van der Waals surface area contributed by atoms with Crippen LogP contribution in [0.5, 0.6) is 0 Å². The quantitative estimate of drug-likeness (QED) is 0.0367. The first-order valence-corrected chi connectivity index (χ1v) is 21.5. The van der Waals surface area contributed by atoms with Gasteiger partial charge in [0.2, 0.25) is 0 Å². The predicted octanol–water partition coefficient (Wildman–Crippen LogP) is 11.5. The number of hydrogen-bond acceptors (Lipinski definition) is 9. The van der Waals surface area contributed by atoms with Gasteiger partial charge in [-0.1, -0.05) is 124 Å². The van der Waals surface area contributed by atoms with Crippen LogP contribution >= 0.6 is 12.0 Å². The molecule has 0 aliphatic rings. The van der Waals surface area contributed by atoms with Gasteiger partial charge in [-0.25, -0.2) is 4.79 Å². The minimum absolute atomic E-state index is 0.0425. The van der Waals surface area contributed by atoms with E-state index in [9.17, 15) is 19.2 Å². The first kappa shape index (κ1) is 48.0. The second-order valence-electron chi connectivity index (χ2n) is 14.0. The Hall–Kier alpha value is -1.03. The second-order valence-corrected chi connectivity index (χ2v) is 14.9. The molecule has 0 rings (SSSR count). The van der Waals surface area contributed by atoms with Crippen LogP contribution in [0.2, 0.25) is 0 Å². The Bertz CT molecular complexity index is 698. The number of aliphatic hydroxyl groups is 1. The first-order valence-electron chi connectivity index (χ1n) is 20.6. The number of unbranched alkanes of at least 4 members (excludes halogenated alkanes) is 17. The SMILES string of the molecule is CCCCCCCCC(CCCCCCCC)OC(=O)CCCCCC(CN(CCCO)CCCCCCOC(=O)OCCCCC)SO. The molecule has 0 amide bonds. The van der Waals surface area contributed by atoms with Crippen molar-refractivity contribution in [3.63, 3.8) is 0 Å². The summed E-state index contributed by atoms with van der Waals surface area (Å²) in [6, 6.07) is 0. The summed E-state index contributed by atoms with van der Waals surface area (Å²) in [7, 11) is 0. The molecule has 0 aromatic rings. The number of aliphatic hydroxyl groups excluding tert-OH is 1. The first-order chi connectivity index (χ1) is 24.0. The van der Waals surface area contributed by atoms with Crippen molar-refractivity contribution in [2.24, 2.45) is 0 Å². The molecule has 0 bridgehead atoms. The monoisotopic (exact) mass is 718 g/mol. The van der Waals surface area contributed by atoms with E-state index >= 15 is 0 Å². The van der Waals surface area contributed by atoms with Crippen LogP contribution in [0.1, 0.15) is 194 Å². The summed E-state index contributed by atoms with van der Waals surface area (Å²) in [5.41, 5.74) is 0. The molecule has 1 unspecified atom stereocenters. The standard InChI is InChI=1S/C40H79NO7S/c1-4-7-10-12-14-19-27-37(28-20-15-13-11-8-5-2)48-39(43)30-22-18-21-29-38(49-45)36-41(32-26-33-42)31-23-16-17-25-35-47-40(44)46-34-24-9-6-3/h37-38,42,45H,4-36H2,1-3H3. The maximum absolute atomic E-state index is 12.8. The Balaban J connectivity index is 4.33. The third-order valence-corrected chi connectivity index (χ3v) is 9.95. The molecule has 8 nitrogen and oxygen atoms in total. The highest BCUT2D eigenvalue weighted by molar-refractivity contribution is 7.94. The Labute approximate surface area is 306 Å². The van der Waals surface area contributed by atoms with Crippen molar-refractivity contribution < 1.29 is 33.5 Å². The Kier molecular flexibility index (Phi) is 37.4. The average Bonchev–Trinajstić information content (AvgIpc) is 3.10. The van der Waals surface area contributed by atoms with Gasteiger partial charge in [0, 0.05) is 31.4 Å². The summed E-state index contributed by atoms with van der Waals surface area (Å²) in [4.78, 5) is 26.7. The molecule has 1 atom stereocenters. The van der Waals surface area contributed by atoms with Crippen LogP contribution in [0.4, 0.5) is 4.79 Å². The number of carbonyl (C=O) groups excluding carboxylic acids is 2. The van der Waals surface area contributed by atoms with E-state index in [2.05, 4.69) is 25.7 Å². The van der Waals surface area contributed by atoms with Gasteiger partial charge in [0.05, 0.1) is 13.2 Å². The van der Waals surface area contributed by atoms with Crippen molar-refractivity contribution in [2.75, 3.05) is 39.5 Å². The lowest BCUT2D eigenvalue weighted by molar-refractivity contribution is -0.150. The van der Waals surface area contributed by atoms with E-state index in [4.69, 9.17) is 14.2 Å². The summed E-state index contributed by atoms with van der Waals surface area (Å²) in [6.07, 6.45) is 28.4. The molecule has 0 aromatic carbocycles. The Morgan fingerprint density at radius 2 is 1.06 bits per heavy atom. The Morgan fingerprint density at radius 1 is 0.592 bits per heavy atom. The van der Waals surface area contributed by atoms with Gasteiger partial charge in [-0.2, -0.15) is 0 Å².